The van der Waals surface area contributed by atoms with Crippen LogP contribution in [0.4, 0.5) is 13.2 Å². The van der Waals surface area contributed by atoms with Gasteiger partial charge < -0.3 is 18.1 Å². The standard InChI is InChI=1S/C18H13F3O7S/c1-25-12-4-2-11(3-5-12)10-26-13-6-7-15-14(8-13)16(9-17(22)27-15)28-29(23,24)18(19,20)21/h2-9H,10H2,1H3. The molecule has 0 atom stereocenters. The molecule has 7 nitrogen and oxygen atoms in total. The van der Waals surface area contributed by atoms with Crippen LogP contribution in [0, 0.1) is 0 Å². The van der Waals surface area contributed by atoms with Crippen molar-refractivity contribution in [2.45, 2.75) is 12.1 Å². The molecule has 0 aliphatic carbocycles. The first kappa shape index (κ1) is 20.5. The minimum atomic E-state index is -5.97. The number of fused-ring (bicyclic) bond motifs is 1. The van der Waals surface area contributed by atoms with Crippen LogP contribution < -0.4 is 19.3 Å². The third kappa shape index (κ3) is 4.62. The van der Waals surface area contributed by atoms with Gasteiger partial charge in [0.25, 0.3) is 0 Å². The molecule has 154 valence electrons. The Bertz CT molecular complexity index is 1180. The highest BCUT2D eigenvalue weighted by Crippen LogP contribution is 2.32. The summed E-state index contributed by atoms with van der Waals surface area (Å²) in [5.74, 6) is 0.0297. The Kier molecular flexibility index (Phi) is 5.42. The Hall–Kier alpha value is -3.21. The molecule has 29 heavy (non-hydrogen) atoms. The number of benzene rings is 2. The second-order valence-corrected chi connectivity index (χ2v) is 7.25. The Labute approximate surface area is 162 Å². The van der Waals surface area contributed by atoms with Gasteiger partial charge in [0, 0.05) is 0 Å². The van der Waals surface area contributed by atoms with E-state index in [1.165, 1.54) is 25.3 Å². The lowest BCUT2D eigenvalue weighted by molar-refractivity contribution is -0.0499. The first-order valence-electron chi connectivity index (χ1n) is 7.93. The van der Waals surface area contributed by atoms with Crippen LogP contribution in [0.5, 0.6) is 17.2 Å². The van der Waals surface area contributed by atoms with E-state index in [2.05, 4.69) is 4.18 Å². The normalized spacial score (nSPS) is 12.0. The Morgan fingerprint density at radius 2 is 1.66 bits per heavy atom. The molecule has 3 rings (SSSR count). The van der Waals surface area contributed by atoms with Gasteiger partial charge in [0.1, 0.15) is 23.7 Å². The van der Waals surface area contributed by atoms with Crippen molar-refractivity contribution in [2.24, 2.45) is 0 Å². The minimum Gasteiger partial charge on any atom is -0.497 e. The Balaban J connectivity index is 1.91. The van der Waals surface area contributed by atoms with Gasteiger partial charge in [0.2, 0.25) is 0 Å². The average Bonchev–Trinajstić information content (AvgIpc) is 2.65. The fraction of sp³-hybridized carbons (Fsp3) is 0.167. The van der Waals surface area contributed by atoms with Crippen LogP contribution in [0.15, 0.2) is 57.7 Å². The van der Waals surface area contributed by atoms with E-state index in [0.29, 0.717) is 11.8 Å². The fourth-order valence-corrected chi connectivity index (χ4v) is 2.79. The third-order valence-corrected chi connectivity index (χ3v) is 4.69. The third-order valence-electron chi connectivity index (χ3n) is 3.72. The van der Waals surface area contributed by atoms with E-state index in [9.17, 15) is 26.4 Å². The number of rotatable bonds is 6. The number of halogens is 3. The zero-order valence-electron chi connectivity index (χ0n) is 14.7. The quantitative estimate of drug-likeness (QED) is 0.335. The van der Waals surface area contributed by atoms with Crippen molar-refractivity contribution in [3.8, 4) is 17.2 Å². The molecule has 0 spiro atoms. The molecule has 3 aromatic rings. The van der Waals surface area contributed by atoms with E-state index in [1.807, 2.05) is 0 Å². The number of methoxy groups -OCH3 is 1. The lowest BCUT2D eigenvalue weighted by Gasteiger charge is -2.12. The molecule has 0 saturated carbocycles. The zero-order valence-corrected chi connectivity index (χ0v) is 15.5. The summed E-state index contributed by atoms with van der Waals surface area (Å²) >= 11 is 0. The van der Waals surface area contributed by atoms with Gasteiger partial charge in [-0.05, 0) is 35.9 Å². The molecule has 0 saturated heterocycles. The van der Waals surface area contributed by atoms with Crippen molar-refractivity contribution in [3.63, 3.8) is 0 Å². The van der Waals surface area contributed by atoms with Crippen molar-refractivity contribution < 1.29 is 39.7 Å². The molecule has 11 heteroatoms. The van der Waals surface area contributed by atoms with Crippen LogP contribution in [-0.4, -0.2) is 21.0 Å². The van der Waals surface area contributed by atoms with E-state index in [1.54, 1.807) is 24.3 Å². The number of alkyl halides is 3. The van der Waals surface area contributed by atoms with E-state index in [-0.39, 0.29) is 23.3 Å². The van der Waals surface area contributed by atoms with Gasteiger partial charge in [0.15, 0.2) is 5.75 Å². The number of ether oxygens (including phenoxy) is 2. The van der Waals surface area contributed by atoms with Crippen molar-refractivity contribution >= 4 is 21.1 Å². The van der Waals surface area contributed by atoms with Gasteiger partial charge in [-0.25, -0.2) is 4.79 Å². The second kappa shape index (κ2) is 7.66. The van der Waals surface area contributed by atoms with Crippen LogP contribution in [0.1, 0.15) is 5.56 Å². The SMILES string of the molecule is COc1ccc(COc2ccc3oc(=O)cc(OS(=O)(=O)C(F)(F)F)c3c2)cc1. The van der Waals surface area contributed by atoms with Gasteiger partial charge in [0.05, 0.1) is 18.6 Å². The molecule has 0 aliphatic heterocycles. The van der Waals surface area contributed by atoms with Gasteiger partial charge in [-0.3, -0.25) is 0 Å². The van der Waals surface area contributed by atoms with E-state index >= 15 is 0 Å². The summed E-state index contributed by atoms with van der Waals surface area (Å²) < 4.78 is 80.0. The topological polar surface area (TPSA) is 92.0 Å². The smallest absolute Gasteiger partial charge is 0.497 e. The van der Waals surface area contributed by atoms with E-state index in [0.717, 1.165) is 5.56 Å². The van der Waals surface area contributed by atoms with E-state index in [4.69, 9.17) is 13.9 Å². The van der Waals surface area contributed by atoms with Crippen LogP contribution in [0.25, 0.3) is 11.0 Å². The molecule has 0 fully saturated rings. The van der Waals surface area contributed by atoms with Gasteiger partial charge in [-0.15, -0.1) is 0 Å². The van der Waals surface area contributed by atoms with Gasteiger partial charge in [-0.2, -0.15) is 21.6 Å². The summed E-state index contributed by atoms with van der Waals surface area (Å²) in [4.78, 5) is 11.5. The van der Waals surface area contributed by atoms with Crippen LogP contribution >= 0.6 is 0 Å². The van der Waals surface area contributed by atoms with Crippen LogP contribution in [0.3, 0.4) is 0 Å². The molecular formula is C18H13F3O7S. The molecule has 0 amide bonds. The highest BCUT2D eigenvalue weighted by molar-refractivity contribution is 7.88. The fourth-order valence-electron chi connectivity index (χ4n) is 2.33. The number of hydrogen-bond acceptors (Lipinski definition) is 7. The first-order chi connectivity index (χ1) is 13.6. The summed E-state index contributed by atoms with van der Waals surface area (Å²) in [6.07, 6.45) is 0. The molecule has 0 radical (unpaired) electrons. The maximum absolute atomic E-state index is 12.6. The Morgan fingerprint density at radius 1 is 1.00 bits per heavy atom. The molecule has 0 aliphatic rings. The molecule has 1 aromatic heterocycles. The molecular weight excluding hydrogens is 417 g/mol. The molecule has 0 bridgehead atoms. The Morgan fingerprint density at radius 3 is 2.28 bits per heavy atom. The summed E-state index contributed by atoms with van der Waals surface area (Å²) in [5, 5.41) is -0.176. The van der Waals surface area contributed by atoms with Crippen molar-refractivity contribution in [2.75, 3.05) is 7.11 Å². The van der Waals surface area contributed by atoms with Crippen LogP contribution in [0.2, 0.25) is 0 Å². The predicted molar refractivity (Wildman–Crippen MR) is 95.4 cm³/mol. The van der Waals surface area contributed by atoms with Crippen molar-refractivity contribution in [1.82, 2.24) is 0 Å². The minimum absolute atomic E-state index is 0.114. The largest absolute Gasteiger partial charge is 0.534 e. The lowest BCUT2D eigenvalue weighted by atomic mass is 10.2. The highest BCUT2D eigenvalue weighted by atomic mass is 32.2. The average molecular weight is 430 g/mol. The van der Waals surface area contributed by atoms with Gasteiger partial charge in [-0.1, -0.05) is 12.1 Å². The lowest BCUT2D eigenvalue weighted by Crippen LogP contribution is -2.28. The molecule has 0 N–H and O–H groups in total. The van der Waals surface area contributed by atoms with E-state index < -0.39 is 27.0 Å². The first-order valence-corrected chi connectivity index (χ1v) is 9.34. The second-order valence-electron chi connectivity index (χ2n) is 5.71. The van der Waals surface area contributed by atoms with Crippen LogP contribution in [-0.2, 0) is 16.7 Å². The zero-order chi connectivity index (χ0) is 21.2. The summed E-state index contributed by atoms with van der Waals surface area (Å²) in [7, 11) is -4.44. The maximum Gasteiger partial charge on any atom is 0.534 e. The number of hydrogen-bond donors (Lipinski definition) is 0. The molecule has 0 unspecified atom stereocenters. The summed E-state index contributed by atoms with van der Waals surface area (Å²) in [6.45, 7) is 0.114. The highest BCUT2D eigenvalue weighted by Gasteiger charge is 2.48. The monoisotopic (exact) mass is 430 g/mol. The van der Waals surface area contributed by atoms with Crippen molar-refractivity contribution in [1.29, 1.82) is 0 Å². The van der Waals surface area contributed by atoms with Crippen molar-refractivity contribution in [3.05, 3.63) is 64.5 Å². The summed E-state index contributed by atoms with van der Waals surface area (Å²) in [5.41, 5.74) is -6.11. The molecule has 1 heterocycles. The summed E-state index contributed by atoms with van der Waals surface area (Å²) in [6, 6.07) is 11.3. The molecule has 2 aromatic carbocycles. The van der Waals surface area contributed by atoms with Gasteiger partial charge >= 0.3 is 21.3 Å². The maximum atomic E-state index is 12.6. The predicted octanol–water partition coefficient (Wildman–Crippen LogP) is 3.61.